The minimum absolute atomic E-state index is 0.139. The molecule has 0 aromatic rings. The van der Waals surface area contributed by atoms with Crippen LogP contribution in [0.4, 0.5) is 0 Å². The highest BCUT2D eigenvalue weighted by atomic mass is 16.2. The summed E-state index contributed by atoms with van der Waals surface area (Å²) in [4.78, 5) is 38.6. The van der Waals surface area contributed by atoms with E-state index in [1.807, 2.05) is 0 Å². The Kier molecular flexibility index (Phi) is 3.30. The van der Waals surface area contributed by atoms with Crippen LogP contribution < -0.4 is 5.73 Å². The van der Waals surface area contributed by atoms with Gasteiger partial charge in [-0.3, -0.25) is 19.3 Å². The Balaban J connectivity index is 1.96. The molecular weight excluding hydrogens is 256 g/mol. The smallest absolute Gasteiger partial charge is 0.243 e. The lowest BCUT2D eigenvalue weighted by molar-refractivity contribution is -0.155. The van der Waals surface area contributed by atoms with Crippen LogP contribution in [0.25, 0.3) is 0 Å². The molecule has 0 spiro atoms. The van der Waals surface area contributed by atoms with Gasteiger partial charge >= 0.3 is 0 Å². The van der Waals surface area contributed by atoms with Gasteiger partial charge in [0.05, 0.1) is 11.8 Å². The normalized spacial score (nSPS) is 33.1. The van der Waals surface area contributed by atoms with E-state index in [2.05, 4.69) is 0 Å². The monoisotopic (exact) mass is 278 g/mol. The van der Waals surface area contributed by atoms with Crippen molar-refractivity contribution in [1.29, 1.82) is 0 Å². The number of primary amides is 1. The molecule has 110 valence electrons. The number of carbonyl (C=O) groups is 3. The van der Waals surface area contributed by atoms with Crippen LogP contribution in [0, 0.1) is 11.8 Å². The SMILES string of the molecule is NC(=O)C1(N2C(=O)C3CCCCC3C2=O)CCCCC1. The molecule has 2 N–H and O–H groups in total. The minimum atomic E-state index is -1.04. The van der Waals surface area contributed by atoms with Crippen LogP contribution >= 0.6 is 0 Å². The number of nitrogens with zero attached hydrogens (tertiary/aromatic N) is 1. The van der Waals surface area contributed by atoms with Gasteiger partial charge in [-0.1, -0.05) is 32.1 Å². The fourth-order valence-electron chi connectivity index (χ4n) is 4.30. The van der Waals surface area contributed by atoms with Gasteiger partial charge in [0.25, 0.3) is 0 Å². The lowest BCUT2D eigenvalue weighted by Gasteiger charge is -2.40. The molecule has 5 heteroatoms. The maximum Gasteiger partial charge on any atom is 0.243 e. The maximum atomic E-state index is 12.7. The Morgan fingerprint density at radius 2 is 1.45 bits per heavy atom. The molecule has 2 aliphatic carbocycles. The summed E-state index contributed by atoms with van der Waals surface area (Å²) in [6.07, 6.45) is 7.39. The van der Waals surface area contributed by atoms with Gasteiger partial charge in [0, 0.05) is 0 Å². The first-order chi connectivity index (χ1) is 9.58. The van der Waals surface area contributed by atoms with Gasteiger partial charge in [-0.25, -0.2) is 0 Å². The highest BCUT2D eigenvalue weighted by Crippen LogP contribution is 2.44. The molecule has 1 saturated heterocycles. The van der Waals surface area contributed by atoms with Crippen molar-refractivity contribution in [2.75, 3.05) is 0 Å². The van der Waals surface area contributed by atoms with Gasteiger partial charge in [0.15, 0.2) is 0 Å². The zero-order chi connectivity index (χ0) is 14.3. The number of rotatable bonds is 2. The van der Waals surface area contributed by atoms with Crippen LogP contribution in [0.2, 0.25) is 0 Å². The molecule has 3 amide bonds. The summed E-state index contributed by atoms with van der Waals surface area (Å²) in [6, 6.07) is 0. The minimum Gasteiger partial charge on any atom is -0.368 e. The number of imide groups is 1. The van der Waals surface area contributed by atoms with E-state index in [9.17, 15) is 14.4 Å². The molecule has 2 unspecified atom stereocenters. The molecule has 1 heterocycles. The number of hydrogen-bond donors (Lipinski definition) is 1. The standard InChI is InChI=1S/C15H22N2O3/c16-14(20)15(8-4-1-5-9-15)17-12(18)10-6-2-3-7-11(10)13(17)19/h10-11H,1-9H2,(H2,16,20). The molecule has 2 atom stereocenters. The molecular formula is C15H22N2O3. The van der Waals surface area contributed by atoms with Gasteiger partial charge in [0.1, 0.15) is 5.54 Å². The lowest BCUT2D eigenvalue weighted by atomic mass is 9.79. The molecule has 0 aromatic heterocycles. The number of nitrogens with two attached hydrogens (primary N) is 1. The van der Waals surface area contributed by atoms with Gasteiger partial charge in [-0.05, 0) is 25.7 Å². The number of amides is 3. The van der Waals surface area contributed by atoms with E-state index in [4.69, 9.17) is 5.73 Å². The summed E-state index contributed by atoms with van der Waals surface area (Å²) in [6.45, 7) is 0. The molecule has 2 saturated carbocycles. The van der Waals surface area contributed by atoms with E-state index in [-0.39, 0.29) is 23.7 Å². The third-order valence-corrected chi connectivity index (χ3v) is 5.41. The molecule has 0 bridgehead atoms. The van der Waals surface area contributed by atoms with Crippen molar-refractivity contribution < 1.29 is 14.4 Å². The first-order valence-electron chi connectivity index (χ1n) is 7.76. The summed E-state index contributed by atoms with van der Waals surface area (Å²) in [5.41, 5.74) is 4.57. The van der Waals surface area contributed by atoms with E-state index in [1.165, 1.54) is 4.90 Å². The molecule has 3 rings (SSSR count). The first-order valence-corrected chi connectivity index (χ1v) is 7.76. The molecule has 3 fully saturated rings. The van der Waals surface area contributed by atoms with Crippen LogP contribution in [0.1, 0.15) is 57.8 Å². The van der Waals surface area contributed by atoms with Gasteiger partial charge in [-0.2, -0.15) is 0 Å². The van der Waals surface area contributed by atoms with E-state index >= 15 is 0 Å². The van der Waals surface area contributed by atoms with E-state index in [0.717, 1.165) is 44.9 Å². The zero-order valence-electron chi connectivity index (χ0n) is 11.8. The van der Waals surface area contributed by atoms with Crippen molar-refractivity contribution in [1.82, 2.24) is 4.90 Å². The van der Waals surface area contributed by atoms with Crippen LogP contribution in [-0.4, -0.2) is 28.2 Å². The highest BCUT2D eigenvalue weighted by Gasteiger charge is 2.57. The molecule has 1 aliphatic heterocycles. The number of hydrogen-bond acceptors (Lipinski definition) is 3. The summed E-state index contributed by atoms with van der Waals surface area (Å²) in [5, 5.41) is 0. The number of likely N-dealkylation sites (tertiary alicyclic amines) is 1. The number of fused-ring (bicyclic) bond motifs is 1. The van der Waals surface area contributed by atoms with Crippen molar-refractivity contribution in [2.24, 2.45) is 17.6 Å². The number of carbonyl (C=O) groups excluding carboxylic acids is 3. The molecule has 0 aromatic carbocycles. The summed E-state index contributed by atoms with van der Waals surface area (Å²) >= 11 is 0. The van der Waals surface area contributed by atoms with Crippen LogP contribution in [0.15, 0.2) is 0 Å². The Morgan fingerprint density at radius 1 is 0.950 bits per heavy atom. The molecule has 20 heavy (non-hydrogen) atoms. The summed E-state index contributed by atoms with van der Waals surface area (Å²) in [5.74, 6) is -1.18. The predicted octanol–water partition coefficient (Wildman–Crippen LogP) is 1.35. The maximum absolute atomic E-state index is 12.7. The average Bonchev–Trinajstić information content (AvgIpc) is 2.72. The first kappa shape index (κ1) is 13.6. The van der Waals surface area contributed by atoms with Crippen molar-refractivity contribution in [3.05, 3.63) is 0 Å². The Labute approximate surface area is 118 Å². The summed E-state index contributed by atoms with van der Waals surface area (Å²) < 4.78 is 0. The van der Waals surface area contributed by atoms with Crippen molar-refractivity contribution in [2.45, 2.75) is 63.3 Å². The Hall–Kier alpha value is -1.39. The second kappa shape index (κ2) is 4.86. The fraction of sp³-hybridized carbons (Fsp3) is 0.800. The van der Waals surface area contributed by atoms with E-state index < -0.39 is 11.4 Å². The Bertz CT molecular complexity index is 430. The summed E-state index contributed by atoms with van der Waals surface area (Å²) in [7, 11) is 0. The van der Waals surface area contributed by atoms with E-state index in [0.29, 0.717) is 12.8 Å². The van der Waals surface area contributed by atoms with Crippen molar-refractivity contribution >= 4 is 17.7 Å². The van der Waals surface area contributed by atoms with Crippen LogP contribution in [0.5, 0.6) is 0 Å². The second-order valence-electron chi connectivity index (χ2n) is 6.47. The Morgan fingerprint density at radius 3 is 1.90 bits per heavy atom. The highest BCUT2D eigenvalue weighted by molar-refractivity contribution is 6.09. The van der Waals surface area contributed by atoms with Gasteiger partial charge in [-0.15, -0.1) is 0 Å². The fourth-order valence-corrected chi connectivity index (χ4v) is 4.30. The third-order valence-electron chi connectivity index (χ3n) is 5.41. The molecule has 3 aliphatic rings. The van der Waals surface area contributed by atoms with Crippen molar-refractivity contribution in [3.8, 4) is 0 Å². The molecule has 0 radical (unpaired) electrons. The van der Waals surface area contributed by atoms with Crippen LogP contribution in [-0.2, 0) is 14.4 Å². The quantitative estimate of drug-likeness (QED) is 0.774. The predicted molar refractivity (Wildman–Crippen MR) is 72.3 cm³/mol. The van der Waals surface area contributed by atoms with Gasteiger partial charge < -0.3 is 5.73 Å². The topological polar surface area (TPSA) is 80.5 Å². The van der Waals surface area contributed by atoms with E-state index in [1.54, 1.807) is 0 Å². The third kappa shape index (κ3) is 1.79. The zero-order valence-corrected chi connectivity index (χ0v) is 11.8. The lowest BCUT2D eigenvalue weighted by Crippen LogP contribution is -2.60. The molecule has 5 nitrogen and oxygen atoms in total. The largest absolute Gasteiger partial charge is 0.368 e. The van der Waals surface area contributed by atoms with Gasteiger partial charge in [0.2, 0.25) is 17.7 Å². The van der Waals surface area contributed by atoms with Crippen molar-refractivity contribution in [3.63, 3.8) is 0 Å². The second-order valence-corrected chi connectivity index (χ2v) is 6.47. The van der Waals surface area contributed by atoms with Crippen LogP contribution in [0.3, 0.4) is 0 Å². The average molecular weight is 278 g/mol.